The summed E-state index contributed by atoms with van der Waals surface area (Å²) in [5, 5.41) is 2.63. The highest BCUT2D eigenvalue weighted by molar-refractivity contribution is 5.90. The van der Waals surface area contributed by atoms with Gasteiger partial charge < -0.3 is 19.9 Å². The monoisotopic (exact) mass is 427 g/mol. The van der Waals surface area contributed by atoms with E-state index in [1.54, 1.807) is 18.3 Å². The molecule has 2 aliphatic heterocycles. The number of hydrogen-bond acceptors (Lipinski definition) is 6. The molecule has 1 aromatic heterocycles. The lowest BCUT2D eigenvalue weighted by molar-refractivity contribution is -0.119. The second kappa shape index (κ2) is 8.79. The predicted molar refractivity (Wildman–Crippen MR) is 116 cm³/mol. The molecule has 2 aromatic rings. The highest BCUT2D eigenvalue weighted by Crippen LogP contribution is 2.29. The number of amides is 2. The third kappa shape index (κ3) is 4.70. The Morgan fingerprint density at radius 2 is 1.94 bits per heavy atom. The number of halogens is 1. The Morgan fingerprint density at radius 3 is 2.61 bits per heavy atom. The van der Waals surface area contributed by atoms with Crippen molar-refractivity contribution in [3.8, 4) is 0 Å². The van der Waals surface area contributed by atoms with Crippen molar-refractivity contribution in [2.75, 3.05) is 54.0 Å². The van der Waals surface area contributed by atoms with E-state index < -0.39 is 12.2 Å². The first-order valence-corrected chi connectivity index (χ1v) is 10.4. The molecule has 1 N–H and O–H groups in total. The fourth-order valence-corrected chi connectivity index (χ4v) is 3.89. The van der Waals surface area contributed by atoms with Crippen molar-refractivity contribution < 1.29 is 18.7 Å². The summed E-state index contributed by atoms with van der Waals surface area (Å²) in [5.74, 6) is 0.373. The summed E-state index contributed by atoms with van der Waals surface area (Å²) in [6, 6.07) is 8.83. The molecule has 2 amide bonds. The molecule has 1 atom stereocenters. The Balaban J connectivity index is 1.39. The first-order valence-electron chi connectivity index (χ1n) is 10.4. The number of anilines is 3. The van der Waals surface area contributed by atoms with Gasteiger partial charge in [0, 0.05) is 39.3 Å². The Morgan fingerprint density at radius 1 is 1.19 bits per heavy atom. The van der Waals surface area contributed by atoms with Crippen LogP contribution >= 0.6 is 0 Å². The lowest BCUT2D eigenvalue weighted by Crippen LogP contribution is -2.47. The maximum absolute atomic E-state index is 14.9. The normalized spacial score (nSPS) is 18.9. The van der Waals surface area contributed by atoms with Crippen LogP contribution in [0.5, 0.6) is 0 Å². The number of cyclic esters (lactones) is 1. The van der Waals surface area contributed by atoms with Gasteiger partial charge in [-0.05, 0) is 42.8 Å². The van der Waals surface area contributed by atoms with E-state index >= 15 is 0 Å². The molecule has 4 rings (SSSR count). The van der Waals surface area contributed by atoms with E-state index in [-0.39, 0.29) is 24.8 Å². The molecule has 1 aromatic carbocycles. The summed E-state index contributed by atoms with van der Waals surface area (Å²) in [5.41, 5.74) is 2.12. The number of benzene rings is 1. The van der Waals surface area contributed by atoms with Crippen LogP contribution in [-0.2, 0) is 9.53 Å². The van der Waals surface area contributed by atoms with E-state index in [9.17, 15) is 14.0 Å². The van der Waals surface area contributed by atoms with E-state index in [2.05, 4.69) is 21.3 Å². The zero-order chi connectivity index (χ0) is 22.0. The molecule has 0 spiro atoms. The zero-order valence-corrected chi connectivity index (χ0v) is 17.7. The predicted octanol–water partition coefficient (Wildman–Crippen LogP) is 2.32. The van der Waals surface area contributed by atoms with Crippen LogP contribution in [0.1, 0.15) is 12.5 Å². The first-order chi connectivity index (χ1) is 14.9. The SMILES string of the molecule is CC(=O)NC[C@H]1CN(c2ccc(N3CCN(c4cc(C)ccn4)CC3)c(F)c2)C(=O)O1. The third-order valence-corrected chi connectivity index (χ3v) is 5.54. The lowest BCUT2D eigenvalue weighted by Gasteiger charge is -2.37. The topological polar surface area (TPSA) is 78.0 Å². The van der Waals surface area contributed by atoms with Gasteiger partial charge in [-0.15, -0.1) is 0 Å². The van der Waals surface area contributed by atoms with Gasteiger partial charge in [0.25, 0.3) is 0 Å². The number of hydrogen-bond donors (Lipinski definition) is 1. The van der Waals surface area contributed by atoms with Crippen LogP contribution in [0.15, 0.2) is 36.5 Å². The van der Waals surface area contributed by atoms with Crippen molar-refractivity contribution in [2.45, 2.75) is 20.0 Å². The molecule has 164 valence electrons. The van der Waals surface area contributed by atoms with E-state index in [4.69, 9.17) is 4.74 Å². The summed E-state index contributed by atoms with van der Waals surface area (Å²) >= 11 is 0. The number of pyridine rings is 1. The van der Waals surface area contributed by atoms with Crippen LogP contribution < -0.4 is 20.0 Å². The lowest BCUT2D eigenvalue weighted by atomic mass is 10.2. The van der Waals surface area contributed by atoms with Crippen molar-refractivity contribution >= 4 is 29.2 Å². The minimum absolute atomic E-state index is 0.192. The van der Waals surface area contributed by atoms with Gasteiger partial charge in [0.05, 0.1) is 24.5 Å². The highest BCUT2D eigenvalue weighted by atomic mass is 19.1. The van der Waals surface area contributed by atoms with Gasteiger partial charge in [-0.25, -0.2) is 14.2 Å². The number of rotatable bonds is 5. The molecule has 0 unspecified atom stereocenters. The summed E-state index contributed by atoms with van der Waals surface area (Å²) in [6.45, 7) is 6.80. The molecule has 0 aliphatic carbocycles. The summed E-state index contributed by atoms with van der Waals surface area (Å²) < 4.78 is 20.2. The van der Waals surface area contributed by atoms with Crippen molar-refractivity contribution in [3.63, 3.8) is 0 Å². The van der Waals surface area contributed by atoms with Crippen LogP contribution in [0.25, 0.3) is 0 Å². The summed E-state index contributed by atoms with van der Waals surface area (Å²) in [6.07, 6.45) is 0.809. The minimum atomic E-state index is -0.540. The largest absolute Gasteiger partial charge is 0.442 e. The van der Waals surface area contributed by atoms with E-state index in [0.717, 1.165) is 24.5 Å². The number of aromatic nitrogens is 1. The number of aryl methyl sites for hydroxylation is 1. The second-order valence-corrected chi connectivity index (χ2v) is 7.85. The Hall–Kier alpha value is -3.36. The van der Waals surface area contributed by atoms with Gasteiger partial charge >= 0.3 is 6.09 Å². The van der Waals surface area contributed by atoms with Crippen molar-refractivity contribution in [1.82, 2.24) is 10.3 Å². The zero-order valence-electron chi connectivity index (χ0n) is 17.7. The molecule has 3 heterocycles. The Kier molecular flexibility index (Phi) is 5.92. The molecule has 2 fully saturated rings. The summed E-state index contributed by atoms with van der Waals surface area (Å²) in [4.78, 5) is 33.3. The van der Waals surface area contributed by atoms with Gasteiger partial charge in [-0.2, -0.15) is 0 Å². The number of nitrogens with zero attached hydrogens (tertiary/aromatic N) is 4. The van der Waals surface area contributed by atoms with Gasteiger partial charge in [0.15, 0.2) is 0 Å². The highest BCUT2D eigenvalue weighted by Gasteiger charge is 2.33. The number of ether oxygens (including phenoxy) is 1. The molecule has 2 saturated heterocycles. The molecule has 0 saturated carbocycles. The van der Waals surface area contributed by atoms with Crippen molar-refractivity contribution in [2.24, 2.45) is 0 Å². The standard InChI is InChI=1S/C22H26FN5O3/c1-15-5-6-24-21(11-15)27-9-7-26(8-10-27)20-4-3-17(12-19(20)23)28-14-18(31-22(28)30)13-25-16(2)29/h3-6,11-12,18H,7-10,13-14H2,1-2H3,(H,25,29)/t18-/m0/s1. The van der Waals surface area contributed by atoms with Gasteiger partial charge in [-0.3, -0.25) is 9.69 Å². The van der Waals surface area contributed by atoms with E-state index in [1.165, 1.54) is 17.9 Å². The molecular formula is C22H26FN5O3. The van der Waals surface area contributed by atoms with E-state index in [1.807, 2.05) is 17.9 Å². The molecule has 2 aliphatic rings. The Labute approximate surface area is 180 Å². The molecule has 9 heteroatoms. The van der Waals surface area contributed by atoms with Gasteiger partial charge in [0.1, 0.15) is 17.7 Å². The average molecular weight is 427 g/mol. The molecule has 0 bridgehead atoms. The van der Waals surface area contributed by atoms with Crippen molar-refractivity contribution in [3.05, 3.63) is 47.9 Å². The fraction of sp³-hybridized carbons (Fsp3) is 0.409. The van der Waals surface area contributed by atoms with Crippen LogP contribution in [0.3, 0.4) is 0 Å². The van der Waals surface area contributed by atoms with Crippen molar-refractivity contribution in [1.29, 1.82) is 0 Å². The van der Waals surface area contributed by atoms with Crippen LogP contribution in [-0.4, -0.2) is 62.4 Å². The Bertz CT molecular complexity index is 977. The van der Waals surface area contributed by atoms with Crippen LogP contribution in [0.4, 0.5) is 26.4 Å². The van der Waals surface area contributed by atoms with Crippen LogP contribution in [0, 0.1) is 12.7 Å². The molecule has 8 nitrogen and oxygen atoms in total. The average Bonchev–Trinajstić information content (AvgIpc) is 3.13. The van der Waals surface area contributed by atoms with Gasteiger partial charge in [0.2, 0.25) is 5.91 Å². The quantitative estimate of drug-likeness (QED) is 0.789. The maximum Gasteiger partial charge on any atom is 0.414 e. The third-order valence-electron chi connectivity index (χ3n) is 5.54. The first kappa shape index (κ1) is 20.9. The maximum atomic E-state index is 14.9. The smallest absolute Gasteiger partial charge is 0.414 e. The fourth-order valence-electron chi connectivity index (χ4n) is 3.89. The number of carbonyl (C=O) groups is 2. The summed E-state index contributed by atoms with van der Waals surface area (Å²) in [7, 11) is 0. The molecule has 0 radical (unpaired) electrons. The van der Waals surface area contributed by atoms with Gasteiger partial charge in [-0.1, -0.05) is 0 Å². The number of nitrogens with one attached hydrogen (secondary N) is 1. The number of carbonyl (C=O) groups excluding carboxylic acids is 2. The van der Waals surface area contributed by atoms with Crippen LogP contribution in [0.2, 0.25) is 0 Å². The second-order valence-electron chi connectivity index (χ2n) is 7.85. The number of piperazine rings is 1. The molecule has 31 heavy (non-hydrogen) atoms. The molecular weight excluding hydrogens is 401 g/mol. The van der Waals surface area contributed by atoms with E-state index in [0.29, 0.717) is 24.5 Å². The minimum Gasteiger partial charge on any atom is -0.442 e.